The van der Waals surface area contributed by atoms with Crippen molar-refractivity contribution in [2.45, 2.75) is 25.9 Å². The minimum atomic E-state index is -4.57. The average molecular weight is 365 g/mol. The maximum atomic E-state index is 12.8. The predicted molar refractivity (Wildman–Crippen MR) is 85.9 cm³/mol. The molecule has 1 amide bonds. The van der Waals surface area contributed by atoms with Crippen molar-refractivity contribution >= 4 is 17.5 Å². The van der Waals surface area contributed by atoms with Gasteiger partial charge in [-0.2, -0.15) is 18.3 Å². The molecule has 7 nitrogen and oxygen atoms in total. The molecule has 0 spiro atoms. The van der Waals surface area contributed by atoms with E-state index in [2.05, 4.69) is 20.4 Å². The number of halogens is 3. The molecule has 0 fully saturated rings. The third-order valence-corrected chi connectivity index (χ3v) is 3.37. The quantitative estimate of drug-likeness (QED) is 0.899. The molecule has 0 unspecified atom stereocenters. The first kappa shape index (κ1) is 17.6. The molecule has 0 saturated heterocycles. The van der Waals surface area contributed by atoms with E-state index < -0.39 is 11.9 Å². The van der Waals surface area contributed by atoms with Crippen LogP contribution in [0.5, 0.6) is 0 Å². The maximum absolute atomic E-state index is 12.8. The smallest absolute Gasteiger partial charge is 0.435 e. The molecule has 2 aromatic heterocycles. The number of carbonyl (C=O) groups is 1. The largest absolute Gasteiger partial charge is 0.462 e. The number of nitrogens with one attached hydrogen (secondary N) is 1. The van der Waals surface area contributed by atoms with Gasteiger partial charge in [0.1, 0.15) is 5.82 Å². The fourth-order valence-electron chi connectivity index (χ4n) is 2.10. The van der Waals surface area contributed by atoms with Crippen LogP contribution in [0.2, 0.25) is 0 Å². The van der Waals surface area contributed by atoms with Gasteiger partial charge in [0, 0.05) is 18.7 Å². The molecule has 0 aliphatic carbocycles. The van der Waals surface area contributed by atoms with E-state index in [9.17, 15) is 18.0 Å². The van der Waals surface area contributed by atoms with E-state index in [0.29, 0.717) is 12.2 Å². The van der Waals surface area contributed by atoms with Crippen LogP contribution < -0.4 is 5.32 Å². The SMILES string of the molecule is CCC(=O)Nc1cc(-n2ccc(C(F)(F)F)n2)nc(C2=CCC=CO2)n1. The van der Waals surface area contributed by atoms with Crippen LogP contribution in [0.1, 0.15) is 31.3 Å². The third-order valence-electron chi connectivity index (χ3n) is 3.37. The summed E-state index contributed by atoms with van der Waals surface area (Å²) in [6.07, 6.45) is 2.34. The molecule has 136 valence electrons. The van der Waals surface area contributed by atoms with Gasteiger partial charge in [0.05, 0.1) is 6.26 Å². The summed E-state index contributed by atoms with van der Waals surface area (Å²) in [6, 6.07) is 2.18. The Balaban J connectivity index is 2.03. The monoisotopic (exact) mass is 365 g/mol. The first-order valence-electron chi connectivity index (χ1n) is 7.71. The molecule has 26 heavy (non-hydrogen) atoms. The number of hydrogen-bond donors (Lipinski definition) is 1. The molecule has 1 aliphatic heterocycles. The fraction of sp³-hybridized carbons (Fsp3) is 0.250. The van der Waals surface area contributed by atoms with E-state index in [4.69, 9.17) is 4.74 Å². The molecule has 3 rings (SSSR count). The summed E-state index contributed by atoms with van der Waals surface area (Å²) in [5.74, 6) is 0.373. The summed E-state index contributed by atoms with van der Waals surface area (Å²) in [7, 11) is 0. The first-order valence-corrected chi connectivity index (χ1v) is 7.71. The van der Waals surface area contributed by atoms with Crippen LogP contribution in [0.25, 0.3) is 11.6 Å². The Hall–Kier alpha value is -3.17. The Labute approximate surface area is 146 Å². The molecule has 0 aromatic carbocycles. The summed E-state index contributed by atoms with van der Waals surface area (Å²) in [5.41, 5.74) is -1.05. The maximum Gasteiger partial charge on any atom is 0.435 e. The zero-order valence-electron chi connectivity index (χ0n) is 13.6. The highest BCUT2D eigenvalue weighted by atomic mass is 19.4. The van der Waals surface area contributed by atoms with Crippen molar-refractivity contribution in [2.75, 3.05) is 5.32 Å². The fourth-order valence-corrected chi connectivity index (χ4v) is 2.10. The number of hydrogen-bond acceptors (Lipinski definition) is 5. The van der Waals surface area contributed by atoms with Crippen LogP contribution in [0.4, 0.5) is 19.0 Å². The Kier molecular flexibility index (Phi) is 4.74. The second-order valence-electron chi connectivity index (χ2n) is 5.27. The van der Waals surface area contributed by atoms with Crippen molar-refractivity contribution in [3.05, 3.63) is 48.3 Å². The lowest BCUT2D eigenvalue weighted by Gasteiger charge is -2.12. The van der Waals surface area contributed by atoms with Crippen LogP contribution in [0.15, 0.2) is 36.7 Å². The van der Waals surface area contributed by atoms with E-state index in [1.54, 1.807) is 19.1 Å². The van der Waals surface area contributed by atoms with E-state index in [0.717, 1.165) is 16.9 Å². The van der Waals surface area contributed by atoms with Crippen molar-refractivity contribution in [1.82, 2.24) is 19.7 Å². The zero-order chi connectivity index (χ0) is 18.7. The lowest BCUT2D eigenvalue weighted by molar-refractivity contribution is -0.141. The highest BCUT2D eigenvalue weighted by Gasteiger charge is 2.33. The predicted octanol–water partition coefficient (Wildman–Crippen LogP) is 3.30. The normalized spacial score (nSPS) is 13.9. The number of nitrogens with zero attached hydrogens (tertiary/aromatic N) is 4. The van der Waals surface area contributed by atoms with Crippen molar-refractivity contribution in [3.8, 4) is 5.82 Å². The van der Waals surface area contributed by atoms with E-state index in [1.807, 2.05) is 0 Å². The molecule has 2 aromatic rings. The molecule has 0 atom stereocenters. The standard InChI is InChI=1S/C16H14F3N5O2/c1-2-14(25)20-12-9-13(24-7-6-11(23-24)16(17,18)19)22-15(21-12)10-5-3-4-8-26-10/h4-9H,2-3H2,1H3,(H,20,21,22,25). The van der Waals surface area contributed by atoms with Crippen LogP contribution in [0.3, 0.4) is 0 Å². The molecule has 3 heterocycles. The van der Waals surface area contributed by atoms with E-state index in [1.165, 1.54) is 12.3 Å². The Morgan fingerprint density at radius 2 is 2.19 bits per heavy atom. The number of carbonyl (C=O) groups excluding carboxylic acids is 1. The highest BCUT2D eigenvalue weighted by molar-refractivity contribution is 5.89. The van der Waals surface area contributed by atoms with Gasteiger partial charge in [-0.05, 0) is 24.6 Å². The number of aromatic nitrogens is 4. The number of amides is 1. The zero-order valence-corrected chi connectivity index (χ0v) is 13.6. The summed E-state index contributed by atoms with van der Waals surface area (Å²) >= 11 is 0. The van der Waals surface area contributed by atoms with Crippen molar-refractivity contribution in [2.24, 2.45) is 0 Å². The Bertz CT molecular complexity index is 886. The van der Waals surface area contributed by atoms with Crippen LogP contribution in [-0.2, 0) is 15.7 Å². The van der Waals surface area contributed by atoms with Gasteiger partial charge in [0.2, 0.25) is 5.91 Å². The van der Waals surface area contributed by atoms with Crippen molar-refractivity contribution < 1.29 is 22.7 Å². The molecule has 10 heteroatoms. The van der Waals surface area contributed by atoms with Crippen molar-refractivity contribution in [3.63, 3.8) is 0 Å². The molecule has 1 N–H and O–H groups in total. The Morgan fingerprint density at radius 1 is 1.38 bits per heavy atom. The lowest BCUT2D eigenvalue weighted by atomic mass is 10.3. The van der Waals surface area contributed by atoms with Gasteiger partial charge in [0.25, 0.3) is 0 Å². The summed E-state index contributed by atoms with van der Waals surface area (Å²) in [5, 5.41) is 6.06. The summed E-state index contributed by atoms with van der Waals surface area (Å²) in [6.45, 7) is 1.67. The van der Waals surface area contributed by atoms with Crippen molar-refractivity contribution in [1.29, 1.82) is 0 Å². The molecular formula is C16H14F3N5O2. The summed E-state index contributed by atoms with van der Waals surface area (Å²) < 4.78 is 44.6. The number of rotatable bonds is 4. The lowest BCUT2D eigenvalue weighted by Crippen LogP contribution is -2.14. The van der Waals surface area contributed by atoms with Crippen LogP contribution in [0, 0.1) is 0 Å². The topological polar surface area (TPSA) is 81.9 Å². The summed E-state index contributed by atoms with van der Waals surface area (Å²) in [4.78, 5) is 20.0. The van der Waals surface area contributed by atoms with E-state index >= 15 is 0 Å². The highest BCUT2D eigenvalue weighted by Crippen LogP contribution is 2.28. The average Bonchev–Trinajstić information content (AvgIpc) is 3.13. The molecule has 0 bridgehead atoms. The second kappa shape index (κ2) is 6.98. The second-order valence-corrected chi connectivity index (χ2v) is 5.27. The molecular weight excluding hydrogens is 351 g/mol. The number of ether oxygens (including phenoxy) is 1. The number of alkyl halides is 3. The molecule has 1 aliphatic rings. The number of allylic oxidation sites excluding steroid dienone is 2. The Morgan fingerprint density at radius 3 is 2.81 bits per heavy atom. The molecule has 0 saturated carbocycles. The number of anilines is 1. The van der Waals surface area contributed by atoms with Gasteiger partial charge in [0.15, 0.2) is 23.1 Å². The van der Waals surface area contributed by atoms with Gasteiger partial charge in [-0.3, -0.25) is 4.79 Å². The minimum Gasteiger partial charge on any atom is -0.462 e. The van der Waals surface area contributed by atoms with Gasteiger partial charge in [-0.25, -0.2) is 14.6 Å². The molecule has 0 radical (unpaired) electrons. The minimum absolute atomic E-state index is 0.0657. The van der Waals surface area contributed by atoms with E-state index in [-0.39, 0.29) is 29.8 Å². The van der Waals surface area contributed by atoms with Gasteiger partial charge < -0.3 is 10.1 Å². The van der Waals surface area contributed by atoms with Gasteiger partial charge in [-0.15, -0.1) is 0 Å². The first-order chi connectivity index (χ1) is 12.4. The van der Waals surface area contributed by atoms with Gasteiger partial charge >= 0.3 is 6.18 Å². The third kappa shape index (κ3) is 3.90. The van der Waals surface area contributed by atoms with Gasteiger partial charge in [-0.1, -0.05) is 6.92 Å². The van der Waals surface area contributed by atoms with Crippen LogP contribution in [-0.4, -0.2) is 25.7 Å². The van der Waals surface area contributed by atoms with Crippen LogP contribution >= 0.6 is 0 Å².